The number of amides is 1. The fraction of sp³-hybridized carbons (Fsp3) is 0.896. The highest BCUT2D eigenvalue weighted by Gasteiger charge is 2.20. The normalized spacial score (nSPS) is 13.3. The van der Waals surface area contributed by atoms with Gasteiger partial charge in [-0.1, -0.05) is 339 Å². The molecule has 0 aliphatic carbocycles. The van der Waals surface area contributed by atoms with Gasteiger partial charge in [0.15, 0.2) is 0 Å². The summed E-state index contributed by atoms with van der Waals surface area (Å²) in [6, 6.07) is -0.745. The van der Waals surface area contributed by atoms with Crippen LogP contribution in [-0.4, -0.2) is 46.1 Å². The number of carbonyl (C=O) groups is 1. The summed E-state index contributed by atoms with van der Waals surface area (Å²) in [4.78, 5) is 12.6. The van der Waals surface area contributed by atoms with Crippen LogP contribution in [0.4, 0.5) is 0 Å². The average molecular weight is 1010 g/mol. The van der Waals surface area contributed by atoms with E-state index in [0.29, 0.717) is 6.42 Å². The number of allylic oxidation sites excluding steroid dienone is 5. The lowest BCUT2D eigenvalue weighted by molar-refractivity contribution is -0.124. The lowest BCUT2D eigenvalue weighted by Crippen LogP contribution is -2.45. The average Bonchev–Trinajstić information content (AvgIpc) is 3.38. The van der Waals surface area contributed by atoms with Crippen LogP contribution in [0, 0.1) is 0 Å². The Morgan fingerprint density at radius 2 is 0.625 bits per heavy atom. The van der Waals surface area contributed by atoms with Gasteiger partial charge in [-0.25, -0.2) is 0 Å². The van der Waals surface area contributed by atoms with E-state index in [1.54, 1.807) is 6.08 Å². The van der Waals surface area contributed by atoms with Crippen molar-refractivity contribution < 1.29 is 20.1 Å². The van der Waals surface area contributed by atoms with Crippen LogP contribution in [-0.2, 0) is 4.79 Å². The Morgan fingerprint density at radius 1 is 0.361 bits per heavy atom. The van der Waals surface area contributed by atoms with Gasteiger partial charge in [0.25, 0.3) is 0 Å². The summed E-state index contributed by atoms with van der Waals surface area (Å²) in [6.07, 6.45) is 82.3. The molecular weight excluding hydrogens is 883 g/mol. The van der Waals surface area contributed by atoms with Gasteiger partial charge in [-0.05, 0) is 51.4 Å². The third-order valence-corrected chi connectivity index (χ3v) is 15.4. The molecular formula is C67H129NO4. The monoisotopic (exact) mass is 1010 g/mol. The van der Waals surface area contributed by atoms with E-state index in [1.807, 2.05) is 6.08 Å². The summed E-state index contributed by atoms with van der Waals surface area (Å²) in [5.74, 6) is -0.310. The molecule has 0 aromatic heterocycles. The van der Waals surface area contributed by atoms with Crippen LogP contribution in [0.1, 0.15) is 361 Å². The molecule has 0 heterocycles. The van der Waals surface area contributed by atoms with E-state index in [-0.39, 0.29) is 18.9 Å². The van der Waals surface area contributed by atoms with Gasteiger partial charge in [0.05, 0.1) is 31.3 Å². The van der Waals surface area contributed by atoms with Crippen LogP contribution < -0.4 is 5.32 Å². The molecule has 0 aliphatic rings. The first-order valence-corrected chi connectivity index (χ1v) is 32.8. The van der Waals surface area contributed by atoms with Crippen molar-refractivity contribution in [3.05, 3.63) is 36.5 Å². The Labute approximate surface area is 451 Å². The predicted molar refractivity (Wildman–Crippen MR) is 319 cm³/mol. The maximum absolute atomic E-state index is 12.6. The zero-order chi connectivity index (χ0) is 52.2. The van der Waals surface area contributed by atoms with Crippen molar-refractivity contribution in [1.29, 1.82) is 0 Å². The van der Waals surface area contributed by atoms with Crippen molar-refractivity contribution in [2.45, 2.75) is 379 Å². The predicted octanol–water partition coefficient (Wildman–Crippen LogP) is 21.0. The maximum Gasteiger partial charge on any atom is 0.222 e. The van der Waals surface area contributed by atoms with Crippen LogP contribution in [0.15, 0.2) is 36.5 Å². The highest BCUT2D eigenvalue weighted by molar-refractivity contribution is 5.76. The Hall–Kier alpha value is -1.43. The molecule has 4 N–H and O–H groups in total. The van der Waals surface area contributed by atoms with Crippen molar-refractivity contribution in [2.24, 2.45) is 0 Å². The molecule has 5 nitrogen and oxygen atoms in total. The number of carbonyl (C=O) groups excluding carboxylic acids is 1. The first-order valence-electron chi connectivity index (χ1n) is 32.8. The molecule has 0 aromatic rings. The highest BCUT2D eigenvalue weighted by Crippen LogP contribution is 2.18. The quantitative estimate of drug-likeness (QED) is 0.0361. The summed E-state index contributed by atoms with van der Waals surface area (Å²) in [7, 11) is 0. The van der Waals surface area contributed by atoms with Crippen LogP contribution in [0.25, 0.3) is 0 Å². The molecule has 0 saturated carbocycles. The third-order valence-electron chi connectivity index (χ3n) is 15.4. The molecule has 5 heteroatoms. The SMILES string of the molecule is CCCCCCCCCCCCC/C=C\C/C=C\CCCCCCCCCCCCCCCCCC(O)CC(=O)NC(CO)C(O)/C=C/CCCCCCCCCCCCCCCCCCCCCCCC. The summed E-state index contributed by atoms with van der Waals surface area (Å²) in [5, 5.41) is 33.6. The van der Waals surface area contributed by atoms with Gasteiger partial charge in [0.1, 0.15) is 0 Å². The van der Waals surface area contributed by atoms with E-state index in [2.05, 4.69) is 43.5 Å². The van der Waals surface area contributed by atoms with Gasteiger partial charge in [-0.15, -0.1) is 0 Å². The smallest absolute Gasteiger partial charge is 0.222 e. The largest absolute Gasteiger partial charge is 0.394 e. The summed E-state index contributed by atoms with van der Waals surface area (Å²) in [6.45, 7) is 4.26. The number of nitrogens with one attached hydrogen (secondary N) is 1. The second-order valence-electron chi connectivity index (χ2n) is 22.7. The van der Waals surface area contributed by atoms with E-state index < -0.39 is 18.2 Å². The summed E-state index contributed by atoms with van der Waals surface area (Å²) >= 11 is 0. The van der Waals surface area contributed by atoms with E-state index in [4.69, 9.17) is 0 Å². The second-order valence-corrected chi connectivity index (χ2v) is 22.7. The summed E-state index contributed by atoms with van der Waals surface area (Å²) < 4.78 is 0. The van der Waals surface area contributed by atoms with Crippen LogP contribution in [0.3, 0.4) is 0 Å². The molecule has 0 aromatic carbocycles. The highest BCUT2D eigenvalue weighted by atomic mass is 16.3. The van der Waals surface area contributed by atoms with E-state index in [9.17, 15) is 20.1 Å². The fourth-order valence-electron chi connectivity index (χ4n) is 10.4. The van der Waals surface area contributed by atoms with Gasteiger partial charge in [0.2, 0.25) is 5.91 Å². The topological polar surface area (TPSA) is 89.8 Å². The van der Waals surface area contributed by atoms with Crippen molar-refractivity contribution in [3.8, 4) is 0 Å². The summed E-state index contributed by atoms with van der Waals surface area (Å²) in [5.41, 5.74) is 0. The molecule has 72 heavy (non-hydrogen) atoms. The Bertz CT molecular complexity index is 1120. The minimum absolute atomic E-state index is 0.0157. The van der Waals surface area contributed by atoms with Crippen molar-refractivity contribution >= 4 is 5.91 Å². The number of aliphatic hydroxyl groups is 3. The number of unbranched alkanes of at least 4 members (excludes halogenated alkanes) is 48. The second kappa shape index (κ2) is 62.1. The van der Waals surface area contributed by atoms with Gasteiger partial charge in [-0.3, -0.25) is 4.79 Å². The van der Waals surface area contributed by atoms with Crippen molar-refractivity contribution in [3.63, 3.8) is 0 Å². The van der Waals surface area contributed by atoms with Gasteiger partial charge >= 0.3 is 0 Å². The molecule has 1 amide bonds. The third kappa shape index (κ3) is 57.8. The number of rotatable bonds is 61. The molecule has 3 unspecified atom stereocenters. The van der Waals surface area contributed by atoms with Crippen molar-refractivity contribution in [1.82, 2.24) is 5.32 Å². The minimum Gasteiger partial charge on any atom is -0.394 e. The van der Waals surface area contributed by atoms with Crippen LogP contribution in [0.2, 0.25) is 0 Å². The van der Waals surface area contributed by atoms with Gasteiger partial charge in [-0.2, -0.15) is 0 Å². The molecule has 426 valence electrons. The molecule has 0 aliphatic heterocycles. The molecule has 0 bridgehead atoms. The lowest BCUT2D eigenvalue weighted by Gasteiger charge is -2.21. The Balaban J connectivity index is 3.52. The van der Waals surface area contributed by atoms with E-state index in [1.165, 1.54) is 302 Å². The lowest BCUT2D eigenvalue weighted by atomic mass is 10.0. The molecule has 0 rings (SSSR count). The van der Waals surface area contributed by atoms with E-state index in [0.717, 1.165) is 32.1 Å². The zero-order valence-corrected chi connectivity index (χ0v) is 48.8. The molecule has 0 saturated heterocycles. The maximum atomic E-state index is 12.6. The standard InChI is InChI=1S/C67H129NO4/c1-3-5-7-9-11-13-15-17-19-21-23-25-27-29-30-31-32-33-34-35-36-37-38-40-42-44-46-48-50-52-54-56-58-60-64(70)62-67(72)68-65(63-69)66(71)61-59-57-55-53-51-49-47-45-43-41-39-28-26-24-22-20-18-16-14-12-10-8-6-4-2/h27,29,31-32,59,61,64-66,69-71H,3-26,28,30,33-58,60,62-63H2,1-2H3,(H,68,72)/b29-27-,32-31-,61-59+. The van der Waals surface area contributed by atoms with Crippen LogP contribution in [0.5, 0.6) is 0 Å². The van der Waals surface area contributed by atoms with Crippen molar-refractivity contribution in [2.75, 3.05) is 6.61 Å². The number of aliphatic hydroxyl groups excluding tert-OH is 3. The minimum atomic E-state index is -0.930. The number of hydrogen-bond acceptors (Lipinski definition) is 4. The first kappa shape index (κ1) is 70.6. The first-order chi connectivity index (χ1) is 35.5. The number of hydrogen-bond donors (Lipinski definition) is 4. The van der Waals surface area contributed by atoms with Gasteiger partial charge < -0.3 is 20.6 Å². The van der Waals surface area contributed by atoms with Gasteiger partial charge in [0, 0.05) is 0 Å². The van der Waals surface area contributed by atoms with E-state index >= 15 is 0 Å². The molecule has 3 atom stereocenters. The molecule has 0 fully saturated rings. The Morgan fingerprint density at radius 3 is 0.917 bits per heavy atom. The molecule has 0 spiro atoms. The molecule has 0 radical (unpaired) electrons. The van der Waals surface area contributed by atoms with Crippen LogP contribution >= 0.6 is 0 Å². The fourth-order valence-corrected chi connectivity index (χ4v) is 10.4. The Kier molecular flexibility index (Phi) is 60.9. The zero-order valence-electron chi connectivity index (χ0n) is 48.8.